The van der Waals surface area contributed by atoms with Crippen molar-refractivity contribution in [3.8, 4) is 11.1 Å². The first-order valence-corrected chi connectivity index (χ1v) is 15.8. The summed E-state index contributed by atoms with van der Waals surface area (Å²) < 4.78 is 13.4. The van der Waals surface area contributed by atoms with E-state index in [0.717, 1.165) is 34.4 Å². The van der Waals surface area contributed by atoms with Crippen molar-refractivity contribution in [1.29, 1.82) is 0 Å². The normalized spacial score (nSPS) is 23.3. The average Bonchev–Trinajstić information content (AvgIpc) is 3.43. The van der Waals surface area contributed by atoms with E-state index >= 15 is 0 Å². The predicted molar refractivity (Wildman–Crippen MR) is 174 cm³/mol. The number of nitrogens with zero attached hydrogens (tertiary/aromatic N) is 6. The number of benzene rings is 1. The van der Waals surface area contributed by atoms with Gasteiger partial charge < -0.3 is 19.7 Å². The Bertz CT molecular complexity index is 1930. The number of carbonyl (C=O) groups is 3. The Morgan fingerprint density at radius 2 is 1.79 bits per heavy atom. The van der Waals surface area contributed by atoms with Crippen LogP contribution in [-0.4, -0.2) is 79.1 Å². The molecule has 1 spiro atoms. The Morgan fingerprint density at radius 1 is 1.02 bits per heavy atom. The van der Waals surface area contributed by atoms with Crippen LogP contribution in [-0.2, 0) is 32.2 Å². The zero-order chi connectivity index (χ0) is 32.9. The number of hydrogen-bond donors (Lipinski definition) is 1. The number of aryl methyl sites for hydroxylation is 3. The Balaban J connectivity index is 1.22. The summed E-state index contributed by atoms with van der Waals surface area (Å²) in [6, 6.07) is 6.80. The molecule has 1 saturated carbocycles. The second kappa shape index (κ2) is 12.1. The zero-order valence-electron chi connectivity index (χ0n) is 26.9. The molecule has 3 aliphatic rings. The maximum atomic E-state index is 14.3. The van der Waals surface area contributed by atoms with Crippen molar-refractivity contribution in [3.63, 3.8) is 0 Å². The van der Waals surface area contributed by atoms with Crippen LogP contribution in [0.1, 0.15) is 52.9 Å². The highest BCUT2D eigenvalue weighted by Gasteiger charge is 2.67. The van der Waals surface area contributed by atoms with Crippen molar-refractivity contribution in [2.24, 2.45) is 5.41 Å². The molecular formula is C35H37N7O5. The van der Waals surface area contributed by atoms with Crippen LogP contribution in [0.2, 0.25) is 0 Å². The summed E-state index contributed by atoms with van der Waals surface area (Å²) in [7, 11) is 0. The lowest BCUT2D eigenvalue weighted by Crippen LogP contribution is -2.47. The van der Waals surface area contributed by atoms with E-state index in [4.69, 9.17) is 9.47 Å². The van der Waals surface area contributed by atoms with E-state index in [1.165, 1.54) is 6.92 Å². The number of pyridine rings is 1. The van der Waals surface area contributed by atoms with Gasteiger partial charge in [-0.3, -0.25) is 19.1 Å². The van der Waals surface area contributed by atoms with Crippen molar-refractivity contribution in [2.45, 2.75) is 65.8 Å². The van der Waals surface area contributed by atoms with E-state index in [9.17, 15) is 14.4 Å². The lowest BCUT2D eigenvalue weighted by molar-refractivity contribution is -0.138. The van der Waals surface area contributed by atoms with Gasteiger partial charge in [0.05, 0.1) is 31.9 Å². The van der Waals surface area contributed by atoms with Gasteiger partial charge in [-0.25, -0.2) is 15.0 Å². The third-order valence-corrected chi connectivity index (χ3v) is 9.38. The molecule has 2 bridgehead atoms. The van der Waals surface area contributed by atoms with Crippen molar-refractivity contribution in [3.05, 3.63) is 77.2 Å². The number of piperidine rings is 1. The van der Waals surface area contributed by atoms with E-state index in [0.29, 0.717) is 48.8 Å². The fraction of sp³-hybridized carbons (Fsp3) is 0.400. The second-order valence-corrected chi connectivity index (χ2v) is 12.8. The number of carbonyl (C=O) groups excluding carboxylic acids is 3. The van der Waals surface area contributed by atoms with Gasteiger partial charge in [-0.05, 0) is 62.9 Å². The van der Waals surface area contributed by atoms with Gasteiger partial charge >= 0.3 is 0 Å². The molecule has 2 amide bonds. The topological polar surface area (TPSA) is 141 Å². The summed E-state index contributed by atoms with van der Waals surface area (Å²) in [5.74, 6) is 0.349. The maximum absolute atomic E-state index is 14.3. The van der Waals surface area contributed by atoms with E-state index in [1.807, 2.05) is 57.2 Å². The fourth-order valence-corrected chi connectivity index (χ4v) is 6.95. The highest BCUT2D eigenvalue weighted by molar-refractivity contribution is 6.07. The molecule has 0 radical (unpaired) electrons. The van der Waals surface area contributed by atoms with Crippen molar-refractivity contribution < 1.29 is 23.9 Å². The first-order chi connectivity index (χ1) is 22.6. The molecule has 4 aromatic rings. The summed E-state index contributed by atoms with van der Waals surface area (Å²) >= 11 is 0. The second-order valence-electron chi connectivity index (χ2n) is 12.8. The van der Waals surface area contributed by atoms with Gasteiger partial charge in [0, 0.05) is 53.0 Å². The van der Waals surface area contributed by atoms with E-state index in [-0.39, 0.29) is 47.9 Å². The standard InChI is InChI=1S/C35H37N7O5/c1-20-11-25(26-15-36-23(4)37-16-26)12-27-31(22(3)43)40-41(32(20)27)17-30(44)42-28-13-35(14-29(35)42)19-47-10-6-5-9-46-18-24-8-7-21(2)38-33(24)39-34(28)45/h5-8,11-12,15-16,28-29H,9-10,13-14,17-19H2,1-4H3,(H,38,39,45)/b6-5+/t28-,29+,35-/m0/s1. The monoisotopic (exact) mass is 635 g/mol. The van der Waals surface area contributed by atoms with Crippen LogP contribution in [0.5, 0.6) is 0 Å². The number of aromatic nitrogens is 5. The largest absolute Gasteiger partial charge is 0.377 e. The highest BCUT2D eigenvalue weighted by atomic mass is 16.5. The van der Waals surface area contributed by atoms with Gasteiger partial charge in [-0.1, -0.05) is 18.2 Å². The van der Waals surface area contributed by atoms with Gasteiger partial charge in [-0.2, -0.15) is 5.10 Å². The Hall–Kier alpha value is -4.81. The summed E-state index contributed by atoms with van der Waals surface area (Å²) in [6.45, 7) is 8.51. The highest BCUT2D eigenvalue weighted by Crippen LogP contribution is 2.60. The minimum Gasteiger partial charge on any atom is -0.377 e. The average molecular weight is 636 g/mol. The molecule has 7 rings (SSSR count). The third kappa shape index (κ3) is 5.83. The number of ether oxygens (including phenoxy) is 2. The number of amides is 2. The number of Topliss-reactive ketones (excluding diaryl/α,β-unsaturated/α-hetero) is 1. The SMILES string of the molecule is CC(=O)c1nn(CC(=O)N2[C@H]3C[C@@]4(COC/C=C/COCc5ccc(C)nc5NC3=O)C[C@@H]24)c2c(C)cc(-c3cnc(C)nc3)cc12. The van der Waals surface area contributed by atoms with E-state index in [1.54, 1.807) is 22.0 Å². The number of ketones is 1. The number of rotatable bonds is 4. The van der Waals surface area contributed by atoms with E-state index < -0.39 is 6.04 Å². The van der Waals surface area contributed by atoms with Crippen LogP contribution in [0.15, 0.2) is 48.8 Å². The molecule has 1 aromatic carbocycles. The molecule has 12 nitrogen and oxygen atoms in total. The van der Waals surface area contributed by atoms with Gasteiger partial charge in [0.15, 0.2) is 5.78 Å². The minimum atomic E-state index is -0.718. The molecule has 1 N–H and O–H groups in total. The summed E-state index contributed by atoms with van der Waals surface area (Å²) in [5, 5.41) is 8.31. The number of nitrogens with one attached hydrogen (secondary N) is 1. The molecule has 12 heteroatoms. The minimum absolute atomic E-state index is 0.126. The number of hydrogen-bond acceptors (Lipinski definition) is 9. The molecule has 47 heavy (non-hydrogen) atoms. The molecule has 0 unspecified atom stereocenters. The van der Waals surface area contributed by atoms with Gasteiger partial charge in [0.2, 0.25) is 11.8 Å². The summed E-state index contributed by atoms with van der Waals surface area (Å²) in [4.78, 5) is 55.9. The van der Waals surface area contributed by atoms with Crippen LogP contribution < -0.4 is 5.32 Å². The van der Waals surface area contributed by atoms with E-state index in [2.05, 4.69) is 25.4 Å². The smallest absolute Gasteiger partial charge is 0.248 e. The Labute approximate surface area is 272 Å². The molecule has 2 fully saturated rings. The Kier molecular flexibility index (Phi) is 7.93. The number of likely N-dealkylation sites (tertiary alicyclic amines) is 1. The molecule has 3 atom stereocenters. The van der Waals surface area contributed by atoms with Crippen LogP contribution in [0, 0.1) is 26.2 Å². The summed E-state index contributed by atoms with van der Waals surface area (Å²) in [6.07, 6.45) is 8.57. The van der Waals surface area contributed by atoms with Crippen molar-refractivity contribution in [1.82, 2.24) is 29.6 Å². The van der Waals surface area contributed by atoms with Crippen molar-refractivity contribution in [2.75, 3.05) is 25.1 Å². The number of fused-ring (bicyclic) bond motifs is 3. The van der Waals surface area contributed by atoms with Gasteiger partial charge in [0.1, 0.15) is 29.9 Å². The van der Waals surface area contributed by atoms with Gasteiger partial charge in [-0.15, -0.1) is 0 Å². The predicted octanol–water partition coefficient (Wildman–Crippen LogP) is 4.12. The lowest BCUT2D eigenvalue weighted by Gasteiger charge is -2.27. The van der Waals surface area contributed by atoms with Crippen molar-refractivity contribution >= 4 is 34.3 Å². The quantitative estimate of drug-likeness (QED) is 0.259. The first-order valence-electron chi connectivity index (χ1n) is 15.8. The molecule has 2 aliphatic heterocycles. The van der Waals surface area contributed by atoms with Crippen LogP contribution >= 0.6 is 0 Å². The molecule has 242 valence electrons. The maximum Gasteiger partial charge on any atom is 0.248 e. The molecule has 5 heterocycles. The Morgan fingerprint density at radius 3 is 2.55 bits per heavy atom. The van der Waals surface area contributed by atoms with Crippen LogP contribution in [0.3, 0.4) is 0 Å². The summed E-state index contributed by atoms with van der Waals surface area (Å²) in [5.41, 5.74) is 4.71. The molecule has 1 saturated heterocycles. The number of anilines is 1. The lowest BCUT2D eigenvalue weighted by atomic mass is 10.00. The molecule has 3 aromatic heterocycles. The first kappa shape index (κ1) is 30.8. The molecular weight excluding hydrogens is 598 g/mol. The van der Waals surface area contributed by atoms with Crippen LogP contribution in [0.25, 0.3) is 22.0 Å². The van der Waals surface area contributed by atoms with Crippen LogP contribution in [0.4, 0.5) is 5.82 Å². The third-order valence-electron chi connectivity index (χ3n) is 9.38. The fourth-order valence-electron chi connectivity index (χ4n) is 6.95. The molecule has 1 aliphatic carbocycles. The van der Waals surface area contributed by atoms with Gasteiger partial charge in [0.25, 0.3) is 0 Å². The zero-order valence-corrected chi connectivity index (χ0v) is 26.9.